The van der Waals surface area contributed by atoms with Gasteiger partial charge < -0.3 is 11.1 Å². The molecule has 3 N–H and O–H groups in total. The molecule has 0 unspecified atom stereocenters. The number of nitrogen functional groups attached to an aromatic ring is 1. The maximum Gasteiger partial charge on any atom is 0.225 e. The van der Waals surface area contributed by atoms with Crippen LogP contribution >= 0.6 is 0 Å². The summed E-state index contributed by atoms with van der Waals surface area (Å²) in [4.78, 5) is 11.4. The average molecular weight is 260 g/mol. The number of nitrogens with one attached hydrogen (secondary N) is 1. The fraction of sp³-hybridized carbons (Fsp3) is 0.300. The van der Waals surface area contributed by atoms with Gasteiger partial charge in [0.1, 0.15) is 15.7 Å². The molecule has 0 saturated heterocycles. The first-order valence-corrected chi connectivity index (χ1v) is 6.86. The lowest BCUT2D eigenvalue weighted by molar-refractivity contribution is -0.115. The van der Waals surface area contributed by atoms with E-state index in [1.807, 2.05) is 0 Å². The van der Waals surface area contributed by atoms with Gasteiger partial charge in [-0.3, -0.25) is 4.79 Å². The average Bonchev–Trinajstić information content (AvgIpc) is 2.18. The van der Waals surface area contributed by atoms with Crippen molar-refractivity contribution in [2.75, 3.05) is 23.1 Å². The van der Waals surface area contributed by atoms with E-state index >= 15 is 0 Å². The van der Waals surface area contributed by atoms with Gasteiger partial charge in [0.15, 0.2) is 0 Å². The van der Waals surface area contributed by atoms with Crippen LogP contribution in [0.2, 0.25) is 0 Å². The smallest absolute Gasteiger partial charge is 0.225 e. The zero-order valence-electron chi connectivity index (χ0n) is 9.23. The molecule has 0 radical (unpaired) electrons. The molecule has 0 saturated carbocycles. The largest absolute Gasteiger partial charge is 0.397 e. The number of sulfone groups is 1. The number of halogens is 1. The zero-order valence-corrected chi connectivity index (χ0v) is 10.1. The third-order valence-electron chi connectivity index (χ3n) is 1.99. The van der Waals surface area contributed by atoms with Crippen molar-refractivity contribution in [3.05, 3.63) is 24.0 Å². The summed E-state index contributed by atoms with van der Waals surface area (Å²) >= 11 is 0. The van der Waals surface area contributed by atoms with Crippen LogP contribution in [0.5, 0.6) is 0 Å². The van der Waals surface area contributed by atoms with Crippen LogP contribution in [0.25, 0.3) is 0 Å². The summed E-state index contributed by atoms with van der Waals surface area (Å²) in [6.07, 6.45) is 0.891. The Morgan fingerprint density at radius 1 is 1.47 bits per heavy atom. The Labute approximate surface area is 98.7 Å². The maximum absolute atomic E-state index is 12.7. The van der Waals surface area contributed by atoms with Gasteiger partial charge in [0.2, 0.25) is 5.91 Å². The van der Waals surface area contributed by atoms with Gasteiger partial charge in [0, 0.05) is 12.7 Å². The van der Waals surface area contributed by atoms with E-state index in [-0.39, 0.29) is 23.5 Å². The van der Waals surface area contributed by atoms with E-state index in [9.17, 15) is 17.6 Å². The van der Waals surface area contributed by atoms with Crippen LogP contribution in [-0.2, 0) is 14.6 Å². The van der Waals surface area contributed by atoms with E-state index in [4.69, 9.17) is 5.73 Å². The van der Waals surface area contributed by atoms with Crippen molar-refractivity contribution < 1.29 is 17.6 Å². The quantitative estimate of drug-likeness (QED) is 0.783. The second-order valence-electron chi connectivity index (χ2n) is 3.66. The number of hydrogen-bond acceptors (Lipinski definition) is 4. The van der Waals surface area contributed by atoms with Gasteiger partial charge >= 0.3 is 0 Å². The van der Waals surface area contributed by atoms with Crippen molar-refractivity contribution in [3.63, 3.8) is 0 Å². The minimum atomic E-state index is -3.18. The van der Waals surface area contributed by atoms with Gasteiger partial charge in [0.25, 0.3) is 0 Å². The molecule has 0 spiro atoms. The lowest BCUT2D eigenvalue weighted by Crippen LogP contribution is -2.17. The van der Waals surface area contributed by atoms with E-state index in [2.05, 4.69) is 5.32 Å². The lowest BCUT2D eigenvalue weighted by atomic mass is 10.2. The fourth-order valence-electron chi connectivity index (χ4n) is 1.14. The Bertz CT molecular complexity index is 528. The molecule has 0 atom stereocenters. The second kappa shape index (κ2) is 5.13. The van der Waals surface area contributed by atoms with Crippen LogP contribution < -0.4 is 11.1 Å². The Morgan fingerprint density at radius 2 is 2.12 bits per heavy atom. The highest BCUT2D eigenvalue weighted by Crippen LogP contribution is 2.19. The molecule has 1 aromatic rings. The highest BCUT2D eigenvalue weighted by molar-refractivity contribution is 7.90. The van der Waals surface area contributed by atoms with E-state index in [1.54, 1.807) is 0 Å². The van der Waals surface area contributed by atoms with Gasteiger partial charge in [-0.25, -0.2) is 12.8 Å². The Balaban J connectivity index is 2.62. The normalized spacial score (nSPS) is 11.2. The van der Waals surface area contributed by atoms with Crippen LogP contribution in [0.1, 0.15) is 6.42 Å². The predicted octanol–water partition coefficient (Wildman–Crippen LogP) is 0.781. The molecule has 17 heavy (non-hydrogen) atoms. The Morgan fingerprint density at radius 3 is 2.65 bits per heavy atom. The van der Waals surface area contributed by atoms with Crippen LogP contribution in [0.3, 0.4) is 0 Å². The van der Waals surface area contributed by atoms with Crippen LogP contribution in [0.4, 0.5) is 15.8 Å². The summed E-state index contributed by atoms with van der Waals surface area (Å²) in [5.41, 5.74) is 5.84. The molecule has 1 aromatic carbocycles. The molecule has 5 nitrogen and oxygen atoms in total. The number of amides is 1. The first-order chi connectivity index (χ1) is 7.78. The van der Waals surface area contributed by atoms with Gasteiger partial charge in [-0.1, -0.05) is 0 Å². The predicted molar refractivity (Wildman–Crippen MR) is 63.8 cm³/mol. The van der Waals surface area contributed by atoms with Crippen molar-refractivity contribution in [2.45, 2.75) is 6.42 Å². The molecule has 0 fully saturated rings. The number of rotatable bonds is 4. The summed E-state index contributed by atoms with van der Waals surface area (Å²) in [5.74, 6) is -1.22. The van der Waals surface area contributed by atoms with Crippen molar-refractivity contribution in [1.82, 2.24) is 0 Å². The first kappa shape index (κ1) is 13.4. The number of carbonyl (C=O) groups is 1. The van der Waals surface area contributed by atoms with Crippen LogP contribution in [0, 0.1) is 5.82 Å². The van der Waals surface area contributed by atoms with Gasteiger partial charge in [-0.2, -0.15) is 0 Å². The van der Waals surface area contributed by atoms with Crippen LogP contribution in [0.15, 0.2) is 18.2 Å². The Kier molecular flexibility index (Phi) is 4.06. The molecule has 0 heterocycles. The molecule has 7 heteroatoms. The molecule has 0 aliphatic rings. The third kappa shape index (κ3) is 4.81. The zero-order chi connectivity index (χ0) is 13.1. The molecular formula is C10H13FN2O3S. The molecule has 1 rings (SSSR count). The molecule has 0 aromatic heterocycles. The first-order valence-electron chi connectivity index (χ1n) is 4.80. The second-order valence-corrected chi connectivity index (χ2v) is 5.92. The van der Waals surface area contributed by atoms with Crippen molar-refractivity contribution in [2.24, 2.45) is 0 Å². The number of anilines is 2. The number of nitrogens with two attached hydrogens (primary N) is 1. The summed E-state index contributed by atoms with van der Waals surface area (Å²) < 4.78 is 34.4. The molecule has 94 valence electrons. The molecular weight excluding hydrogens is 247 g/mol. The van der Waals surface area contributed by atoms with Crippen molar-refractivity contribution in [3.8, 4) is 0 Å². The SMILES string of the molecule is CS(=O)(=O)CCC(=O)Nc1ccc(F)cc1N. The lowest BCUT2D eigenvalue weighted by Gasteiger charge is -2.07. The van der Waals surface area contributed by atoms with Crippen molar-refractivity contribution >= 4 is 27.1 Å². The van der Waals surface area contributed by atoms with Crippen molar-refractivity contribution in [1.29, 1.82) is 0 Å². The van der Waals surface area contributed by atoms with Gasteiger partial charge in [0.05, 0.1) is 17.1 Å². The van der Waals surface area contributed by atoms with Gasteiger partial charge in [-0.15, -0.1) is 0 Å². The fourth-order valence-corrected chi connectivity index (χ4v) is 1.69. The number of hydrogen-bond donors (Lipinski definition) is 2. The summed E-state index contributed by atoms with van der Waals surface area (Å²) in [5, 5.41) is 2.41. The van der Waals surface area contributed by atoms with Crippen LogP contribution in [-0.4, -0.2) is 26.3 Å². The molecule has 0 aliphatic carbocycles. The molecule has 1 amide bonds. The molecule has 0 aliphatic heterocycles. The van der Waals surface area contributed by atoms with E-state index < -0.39 is 21.6 Å². The highest BCUT2D eigenvalue weighted by Gasteiger charge is 2.09. The van der Waals surface area contributed by atoms with E-state index in [0.29, 0.717) is 0 Å². The maximum atomic E-state index is 12.7. The monoisotopic (exact) mass is 260 g/mol. The highest BCUT2D eigenvalue weighted by atomic mass is 32.2. The standard InChI is InChI=1S/C10H13FN2O3S/c1-17(15,16)5-4-10(14)13-9-3-2-7(11)6-8(9)12/h2-3,6H,4-5,12H2,1H3,(H,13,14). The summed E-state index contributed by atoms with van der Waals surface area (Å²) in [7, 11) is -3.18. The van der Waals surface area contributed by atoms with E-state index in [0.717, 1.165) is 18.4 Å². The number of benzene rings is 1. The third-order valence-corrected chi connectivity index (χ3v) is 2.93. The summed E-state index contributed by atoms with van der Waals surface area (Å²) in [6.45, 7) is 0. The minimum absolute atomic E-state index is 0.0951. The topological polar surface area (TPSA) is 89.3 Å². The molecule has 0 bridgehead atoms. The summed E-state index contributed by atoms with van der Waals surface area (Å²) in [6, 6.07) is 3.55. The minimum Gasteiger partial charge on any atom is -0.397 e. The number of carbonyl (C=O) groups excluding carboxylic acids is 1. The Hall–Kier alpha value is -1.63. The van der Waals surface area contributed by atoms with Gasteiger partial charge in [-0.05, 0) is 18.2 Å². The van der Waals surface area contributed by atoms with E-state index in [1.165, 1.54) is 6.07 Å².